The largest absolute Gasteiger partial charge is 0.464 e. The standard InChI is InChI=1S/C19H18N2O4/c1-2-23-19(22)18-16-10-5-3-4-6-12(10)20-17(16)11-7-14-15(25-9-24-14)8-13(11)21-18/h3-8,16-18,20-21H,2,9H2,1H3/t16-,17-,18+/m0/s1. The Labute approximate surface area is 145 Å². The predicted molar refractivity (Wildman–Crippen MR) is 92.2 cm³/mol. The lowest BCUT2D eigenvalue weighted by atomic mass is 9.80. The highest BCUT2D eigenvalue weighted by atomic mass is 16.7. The fourth-order valence-electron chi connectivity index (χ4n) is 4.03. The second kappa shape index (κ2) is 5.31. The lowest BCUT2D eigenvalue weighted by molar-refractivity contribution is -0.144. The molecule has 3 atom stereocenters. The number of carbonyl (C=O) groups excluding carboxylic acids is 1. The van der Waals surface area contributed by atoms with Crippen molar-refractivity contribution in [2.45, 2.75) is 24.9 Å². The molecule has 2 aromatic carbocycles. The number of benzene rings is 2. The first-order valence-corrected chi connectivity index (χ1v) is 8.48. The molecule has 2 aromatic rings. The van der Waals surface area contributed by atoms with Crippen molar-refractivity contribution >= 4 is 17.3 Å². The zero-order valence-corrected chi connectivity index (χ0v) is 13.7. The van der Waals surface area contributed by atoms with Crippen molar-refractivity contribution in [3.63, 3.8) is 0 Å². The minimum absolute atomic E-state index is 0.0162. The molecule has 0 radical (unpaired) electrons. The van der Waals surface area contributed by atoms with E-state index >= 15 is 0 Å². The van der Waals surface area contributed by atoms with Crippen molar-refractivity contribution in [2.24, 2.45) is 0 Å². The molecule has 0 saturated heterocycles. The number of rotatable bonds is 2. The Bertz CT molecular complexity index is 866. The number of para-hydroxylation sites is 1. The molecule has 0 amide bonds. The van der Waals surface area contributed by atoms with Gasteiger partial charge in [0.05, 0.1) is 12.6 Å². The number of carbonyl (C=O) groups is 1. The third-order valence-electron chi connectivity index (χ3n) is 5.08. The molecule has 0 bridgehead atoms. The summed E-state index contributed by atoms with van der Waals surface area (Å²) >= 11 is 0. The molecular formula is C19H18N2O4. The Hall–Kier alpha value is -2.89. The van der Waals surface area contributed by atoms with E-state index in [-0.39, 0.29) is 24.7 Å². The van der Waals surface area contributed by atoms with Gasteiger partial charge in [0.2, 0.25) is 6.79 Å². The van der Waals surface area contributed by atoms with Gasteiger partial charge in [0.1, 0.15) is 6.04 Å². The Kier molecular flexibility index (Phi) is 3.07. The van der Waals surface area contributed by atoms with E-state index in [2.05, 4.69) is 16.7 Å². The molecule has 3 heterocycles. The number of hydrogen-bond acceptors (Lipinski definition) is 6. The fourth-order valence-corrected chi connectivity index (χ4v) is 4.03. The van der Waals surface area contributed by atoms with E-state index in [0.717, 1.165) is 28.3 Å². The van der Waals surface area contributed by atoms with Crippen LogP contribution in [0, 0.1) is 0 Å². The summed E-state index contributed by atoms with van der Waals surface area (Å²) in [6, 6.07) is 11.6. The maximum Gasteiger partial charge on any atom is 0.329 e. The first-order chi connectivity index (χ1) is 12.3. The zero-order chi connectivity index (χ0) is 17.0. The van der Waals surface area contributed by atoms with E-state index in [9.17, 15) is 4.79 Å². The van der Waals surface area contributed by atoms with Crippen molar-refractivity contribution < 1.29 is 19.0 Å². The Morgan fingerprint density at radius 3 is 2.76 bits per heavy atom. The topological polar surface area (TPSA) is 68.8 Å². The number of esters is 1. The summed E-state index contributed by atoms with van der Waals surface area (Å²) in [6.45, 7) is 2.41. The molecule has 0 aromatic heterocycles. The number of fused-ring (bicyclic) bond motifs is 6. The van der Waals surface area contributed by atoms with E-state index in [1.165, 1.54) is 0 Å². The average molecular weight is 338 g/mol. The van der Waals surface area contributed by atoms with Crippen LogP contribution in [0.4, 0.5) is 11.4 Å². The van der Waals surface area contributed by atoms with Gasteiger partial charge in [-0.25, -0.2) is 4.79 Å². The molecule has 0 fully saturated rings. The Balaban J connectivity index is 1.64. The van der Waals surface area contributed by atoms with E-state index in [1.807, 2.05) is 37.3 Å². The minimum atomic E-state index is -0.450. The third-order valence-corrected chi connectivity index (χ3v) is 5.08. The second-order valence-corrected chi connectivity index (χ2v) is 6.40. The summed E-state index contributed by atoms with van der Waals surface area (Å²) < 4.78 is 16.3. The monoisotopic (exact) mass is 338 g/mol. The van der Waals surface area contributed by atoms with E-state index in [0.29, 0.717) is 12.4 Å². The van der Waals surface area contributed by atoms with Crippen LogP contribution in [0.15, 0.2) is 36.4 Å². The van der Waals surface area contributed by atoms with Crippen LogP contribution >= 0.6 is 0 Å². The van der Waals surface area contributed by atoms with E-state index in [4.69, 9.17) is 14.2 Å². The van der Waals surface area contributed by atoms with Crippen LogP contribution in [0.5, 0.6) is 11.5 Å². The Morgan fingerprint density at radius 2 is 1.92 bits per heavy atom. The molecule has 5 rings (SSSR count). The van der Waals surface area contributed by atoms with Gasteiger partial charge in [0, 0.05) is 28.9 Å². The molecule has 6 nitrogen and oxygen atoms in total. The first-order valence-electron chi connectivity index (χ1n) is 8.48. The van der Waals surface area contributed by atoms with Crippen LogP contribution in [-0.2, 0) is 9.53 Å². The van der Waals surface area contributed by atoms with Gasteiger partial charge < -0.3 is 24.8 Å². The molecule has 2 N–H and O–H groups in total. The lowest BCUT2D eigenvalue weighted by Gasteiger charge is -2.35. The zero-order valence-electron chi connectivity index (χ0n) is 13.7. The van der Waals surface area contributed by atoms with Crippen molar-refractivity contribution in [3.05, 3.63) is 47.5 Å². The van der Waals surface area contributed by atoms with E-state index in [1.54, 1.807) is 0 Å². The predicted octanol–water partition coefficient (Wildman–Crippen LogP) is 3.02. The van der Waals surface area contributed by atoms with Gasteiger partial charge in [-0.3, -0.25) is 0 Å². The normalized spacial score (nSPS) is 24.4. The van der Waals surface area contributed by atoms with Crippen molar-refractivity contribution in [3.8, 4) is 11.5 Å². The van der Waals surface area contributed by atoms with Crippen LogP contribution in [-0.4, -0.2) is 25.4 Å². The van der Waals surface area contributed by atoms with Gasteiger partial charge in [0.15, 0.2) is 11.5 Å². The lowest BCUT2D eigenvalue weighted by Crippen LogP contribution is -2.42. The molecule has 3 aliphatic rings. The quantitative estimate of drug-likeness (QED) is 0.821. The van der Waals surface area contributed by atoms with Crippen molar-refractivity contribution in [1.29, 1.82) is 0 Å². The molecule has 25 heavy (non-hydrogen) atoms. The van der Waals surface area contributed by atoms with Crippen molar-refractivity contribution in [2.75, 3.05) is 24.0 Å². The van der Waals surface area contributed by atoms with Gasteiger partial charge >= 0.3 is 5.97 Å². The molecule has 0 spiro atoms. The summed E-state index contributed by atoms with van der Waals surface area (Å²) in [6.07, 6.45) is 0. The SMILES string of the molecule is CCOC(=O)[C@@H]1Nc2cc3c(cc2[C@@H]2Nc4ccccc4[C@H]12)OCO3. The molecular weight excluding hydrogens is 320 g/mol. The summed E-state index contributed by atoms with van der Waals surface area (Å²) in [5.74, 6) is 1.16. The molecule has 128 valence electrons. The third kappa shape index (κ3) is 2.06. The summed E-state index contributed by atoms with van der Waals surface area (Å²) in [5.41, 5.74) is 4.13. The number of nitrogens with one attached hydrogen (secondary N) is 2. The minimum Gasteiger partial charge on any atom is -0.464 e. The van der Waals surface area contributed by atoms with Gasteiger partial charge in [-0.05, 0) is 24.6 Å². The Morgan fingerprint density at radius 1 is 1.12 bits per heavy atom. The summed E-state index contributed by atoms with van der Waals surface area (Å²) in [5, 5.41) is 6.94. The highest BCUT2D eigenvalue weighted by molar-refractivity contribution is 5.86. The highest BCUT2D eigenvalue weighted by Crippen LogP contribution is 2.53. The summed E-state index contributed by atoms with van der Waals surface area (Å²) in [4.78, 5) is 12.6. The highest BCUT2D eigenvalue weighted by Gasteiger charge is 2.47. The maximum absolute atomic E-state index is 12.6. The van der Waals surface area contributed by atoms with Crippen LogP contribution in [0.1, 0.15) is 30.0 Å². The second-order valence-electron chi connectivity index (χ2n) is 6.40. The molecule has 0 unspecified atom stereocenters. The molecule has 3 aliphatic heterocycles. The van der Waals surface area contributed by atoms with Crippen molar-refractivity contribution in [1.82, 2.24) is 0 Å². The van der Waals surface area contributed by atoms with Crippen LogP contribution < -0.4 is 20.1 Å². The number of ether oxygens (including phenoxy) is 3. The first kappa shape index (κ1) is 14.5. The number of anilines is 2. The van der Waals surface area contributed by atoms with Crippen LogP contribution in [0.25, 0.3) is 0 Å². The van der Waals surface area contributed by atoms with Gasteiger partial charge in [-0.1, -0.05) is 18.2 Å². The van der Waals surface area contributed by atoms with Gasteiger partial charge in [-0.15, -0.1) is 0 Å². The van der Waals surface area contributed by atoms with Crippen LogP contribution in [0.2, 0.25) is 0 Å². The smallest absolute Gasteiger partial charge is 0.329 e. The van der Waals surface area contributed by atoms with Gasteiger partial charge in [-0.2, -0.15) is 0 Å². The maximum atomic E-state index is 12.6. The summed E-state index contributed by atoms with van der Waals surface area (Å²) in [7, 11) is 0. The molecule has 0 saturated carbocycles. The molecule has 6 heteroatoms. The van der Waals surface area contributed by atoms with Crippen LogP contribution in [0.3, 0.4) is 0 Å². The molecule has 0 aliphatic carbocycles. The van der Waals surface area contributed by atoms with E-state index < -0.39 is 6.04 Å². The average Bonchev–Trinajstić information content (AvgIpc) is 3.23. The fraction of sp³-hybridized carbons (Fsp3) is 0.316. The number of hydrogen-bond donors (Lipinski definition) is 2. The van der Waals surface area contributed by atoms with Gasteiger partial charge in [0.25, 0.3) is 0 Å².